The molecule has 0 aromatic heterocycles. The average molecular weight is 346 g/mol. The van der Waals surface area contributed by atoms with E-state index in [0.29, 0.717) is 0 Å². The van der Waals surface area contributed by atoms with Crippen molar-refractivity contribution in [3.8, 4) is 0 Å². The molecule has 5 heteroatoms. The van der Waals surface area contributed by atoms with Crippen molar-refractivity contribution < 1.29 is 29.0 Å². The van der Waals surface area contributed by atoms with Crippen molar-refractivity contribution >= 4 is 0 Å². The molecule has 0 heterocycles. The fourth-order valence-electron chi connectivity index (χ4n) is 0.534. The molecule has 0 atom stereocenters. The summed E-state index contributed by atoms with van der Waals surface area (Å²) in [6.45, 7) is 2.08. The van der Waals surface area contributed by atoms with Gasteiger partial charge in [0.25, 0.3) is 0 Å². The van der Waals surface area contributed by atoms with E-state index in [2.05, 4.69) is 19.1 Å². The molecule has 1 aromatic carbocycles. The molecule has 0 saturated heterocycles. The number of hydrogen-bond acceptors (Lipinski definition) is 4. The minimum atomic E-state index is -6.06. The summed E-state index contributed by atoms with van der Waals surface area (Å²) in [4.78, 5) is 0. The number of benzene rings is 1. The standard InChI is InChI=1S/C7H8.4O.Os/c1-7-5-3-2-4-6-7;;;;;/h2-6H,1H3;;;;;. The van der Waals surface area contributed by atoms with Gasteiger partial charge in [-0.25, -0.2) is 0 Å². The maximum absolute atomic E-state index is 8.63. The van der Waals surface area contributed by atoms with Crippen LogP contribution < -0.4 is 0 Å². The fourth-order valence-corrected chi connectivity index (χ4v) is 0.534. The first-order valence-corrected chi connectivity index (χ1v) is 7.14. The molecule has 0 aliphatic heterocycles. The van der Waals surface area contributed by atoms with Gasteiger partial charge in [-0.3, -0.25) is 0 Å². The second-order valence-electron chi connectivity index (χ2n) is 2.01. The van der Waals surface area contributed by atoms with Gasteiger partial charge in [0.1, 0.15) is 0 Å². The molecule has 0 fully saturated rings. The molecular weight excluding hydrogens is 338 g/mol. The Morgan fingerprint density at radius 3 is 1.42 bits per heavy atom. The number of rotatable bonds is 0. The zero-order valence-electron chi connectivity index (χ0n) is 6.37. The van der Waals surface area contributed by atoms with E-state index >= 15 is 0 Å². The van der Waals surface area contributed by atoms with Crippen LogP contribution in [-0.4, -0.2) is 0 Å². The molecule has 68 valence electrons. The van der Waals surface area contributed by atoms with Crippen molar-refractivity contribution in [2.45, 2.75) is 6.92 Å². The van der Waals surface area contributed by atoms with Gasteiger partial charge in [-0.05, 0) is 6.92 Å². The van der Waals surface area contributed by atoms with Crippen LogP contribution in [0.2, 0.25) is 0 Å². The molecule has 0 aliphatic rings. The second kappa shape index (κ2) is 4.84. The van der Waals surface area contributed by atoms with E-state index in [-0.39, 0.29) is 0 Å². The second-order valence-corrected chi connectivity index (χ2v) is 4.55. The average Bonchev–Trinajstić information content (AvgIpc) is 1.85. The third kappa shape index (κ3) is 11.8. The third-order valence-corrected chi connectivity index (χ3v) is 0.940. The molecule has 0 spiro atoms. The Bertz CT molecular complexity index is 387. The summed E-state index contributed by atoms with van der Waals surface area (Å²) in [5, 5.41) is 0. The molecule has 1 aromatic rings. The third-order valence-electron chi connectivity index (χ3n) is 0.940. The summed E-state index contributed by atoms with van der Waals surface area (Å²) in [6, 6.07) is 10.3. The van der Waals surface area contributed by atoms with Gasteiger partial charge in [0, 0.05) is 0 Å². The zero-order chi connectivity index (χ0) is 9.61. The van der Waals surface area contributed by atoms with Crippen LogP contribution in [0.4, 0.5) is 0 Å². The van der Waals surface area contributed by atoms with E-state index < -0.39 is 14.8 Å². The maximum atomic E-state index is 8.63. The summed E-state index contributed by atoms with van der Waals surface area (Å²) in [5.74, 6) is 0. The molecule has 12 heavy (non-hydrogen) atoms. The van der Waals surface area contributed by atoms with Crippen molar-refractivity contribution in [2.24, 2.45) is 0 Å². The first kappa shape index (κ1) is 11.1. The van der Waals surface area contributed by atoms with Crippen molar-refractivity contribution in [3.05, 3.63) is 35.9 Å². The van der Waals surface area contributed by atoms with Crippen molar-refractivity contribution in [1.29, 1.82) is 0 Å². The SMILES string of the molecule is Cc1ccccc1.[O]=[Os](=[O])(=[O])=[O]. The van der Waals surface area contributed by atoms with Crippen LogP contribution in [0.25, 0.3) is 0 Å². The van der Waals surface area contributed by atoms with Crippen LogP contribution in [0.5, 0.6) is 0 Å². The Kier molecular flexibility index (Phi) is 4.46. The monoisotopic (exact) mass is 348 g/mol. The topological polar surface area (TPSA) is 68.3 Å². The molecule has 0 unspecified atom stereocenters. The van der Waals surface area contributed by atoms with Gasteiger partial charge in [0.2, 0.25) is 0 Å². The van der Waals surface area contributed by atoms with Crippen LogP contribution in [0, 0.1) is 6.92 Å². The predicted molar refractivity (Wildman–Crippen MR) is 33.9 cm³/mol. The van der Waals surface area contributed by atoms with E-state index in [1.165, 1.54) is 5.56 Å². The van der Waals surface area contributed by atoms with E-state index in [1.807, 2.05) is 18.2 Å². The molecular formula is C7H8O4Os. The van der Waals surface area contributed by atoms with Crippen LogP contribution in [-0.2, 0) is 29.0 Å². The van der Waals surface area contributed by atoms with E-state index in [0.717, 1.165) is 0 Å². The molecule has 0 aliphatic carbocycles. The first-order valence-electron chi connectivity index (χ1n) is 2.99. The number of aryl methyl sites for hydroxylation is 1. The van der Waals surface area contributed by atoms with Gasteiger partial charge in [0.15, 0.2) is 0 Å². The molecule has 0 saturated carbocycles. The number of hydrogen-bond donors (Lipinski definition) is 0. The predicted octanol–water partition coefficient (Wildman–Crippen LogP) is 1.52. The Labute approximate surface area is 72.2 Å². The summed E-state index contributed by atoms with van der Waals surface area (Å²) in [7, 11) is 0. The Hall–Kier alpha value is -0.944. The Morgan fingerprint density at radius 1 is 0.917 bits per heavy atom. The quantitative estimate of drug-likeness (QED) is 0.714. The molecule has 0 radical (unpaired) electrons. The molecule has 0 bridgehead atoms. The van der Waals surface area contributed by atoms with Gasteiger partial charge in [-0.1, -0.05) is 35.9 Å². The zero-order valence-corrected chi connectivity index (χ0v) is 8.91. The normalized spacial score (nSPS) is 9.75. The van der Waals surface area contributed by atoms with Crippen molar-refractivity contribution in [2.75, 3.05) is 0 Å². The van der Waals surface area contributed by atoms with Gasteiger partial charge < -0.3 is 0 Å². The van der Waals surface area contributed by atoms with Crippen LogP contribution >= 0.6 is 0 Å². The summed E-state index contributed by atoms with van der Waals surface area (Å²) < 4.78 is 34.5. The van der Waals surface area contributed by atoms with E-state index in [4.69, 9.17) is 14.2 Å². The molecule has 4 nitrogen and oxygen atoms in total. The Morgan fingerprint density at radius 2 is 1.25 bits per heavy atom. The van der Waals surface area contributed by atoms with Crippen LogP contribution in [0.3, 0.4) is 0 Å². The fraction of sp³-hybridized carbons (Fsp3) is 0.143. The van der Waals surface area contributed by atoms with Crippen molar-refractivity contribution in [3.63, 3.8) is 0 Å². The van der Waals surface area contributed by atoms with Gasteiger partial charge in [0.05, 0.1) is 0 Å². The minimum absolute atomic E-state index is 1.32. The van der Waals surface area contributed by atoms with Crippen LogP contribution in [0.15, 0.2) is 30.3 Å². The van der Waals surface area contributed by atoms with E-state index in [1.54, 1.807) is 0 Å². The first-order chi connectivity index (χ1) is 5.39. The summed E-state index contributed by atoms with van der Waals surface area (Å²) in [6.07, 6.45) is 0. The van der Waals surface area contributed by atoms with Gasteiger partial charge >= 0.3 is 29.0 Å². The van der Waals surface area contributed by atoms with Crippen molar-refractivity contribution in [1.82, 2.24) is 0 Å². The summed E-state index contributed by atoms with van der Waals surface area (Å²) in [5.41, 5.74) is 1.32. The molecule has 0 N–H and O–H groups in total. The van der Waals surface area contributed by atoms with Gasteiger partial charge in [-0.2, -0.15) is 0 Å². The van der Waals surface area contributed by atoms with E-state index in [9.17, 15) is 0 Å². The Balaban J connectivity index is 0.000000217. The molecule has 1 rings (SSSR count). The molecule has 0 amide bonds. The van der Waals surface area contributed by atoms with Crippen LogP contribution in [0.1, 0.15) is 5.56 Å². The van der Waals surface area contributed by atoms with Gasteiger partial charge in [-0.15, -0.1) is 0 Å². The summed E-state index contributed by atoms with van der Waals surface area (Å²) >= 11 is -6.06.